The number of aryl methyl sites for hydroxylation is 1. The number of amides is 1. The van der Waals surface area contributed by atoms with E-state index in [2.05, 4.69) is 10.1 Å². The summed E-state index contributed by atoms with van der Waals surface area (Å²) in [5, 5.41) is 3.07. The lowest BCUT2D eigenvalue weighted by Crippen LogP contribution is -2.32. The molecule has 6 nitrogen and oxygen atoms in total. The van der Waals surface area contributed by atoms with Gasteiger partial charge in [0.15, 0.2) is 5.65 Å². The summed E-state index contributed by atoms with van der Waals surface area (Å²) in [5.41, 5.74) is 2.19. The van der Waals surface area contributed by atoms with Gasteiger partial charge in [0.1, 0.15) is 5.82 Å². The Bertz CT molecular complexity index is 1040. The van der Waals surface area contributed by atoms with Crippen molar-refractivity contribution < 1.29 is 9.18 Å². The van der Waals surface area contributed by atoms with Gasteiger partial charge < -0.3 is 4.90 Å². The number of carbonyl (C=O) groups excluding carboxylic acids is 1. The SMILES string of the molecule is Cc1cc(=O)n2[nH]c(C3CCCN3C(=O)Cc3ccccc3F)cc2n1. The molecule has 1 N–H and O–H groups in total. The van der Waals surface area contributed by atoms with E-state index < -0.39 is 0 Å². The first kappa shape index (κ1) is 16.5. The summed E-state index contributed by atoms with van der Waals surface area (Å²) in [6, 6.07) is 9.45. The highest BCUT2D eigenvalue weighted by Gasteiger charge is 2.31. The topological polar surface area (TPSA) is 70.5 Å². The van der Waals surface area contributed by atoms with Gasteiger partial charge in [-0.2, -0.15) is 0 Å². The second-order valence-corrected chi connectivity index (χ2v) is 6.65. The summed E-state index contributed by atoms with van der Waals surface area (Å²) in [6.07, 6.45) is 1.69. The largest absolute Gasteiger partial charge is 0.334 e. The van der Waals surface area contributed by atoms with Gasteiger partial charge in [0.2, 0.25) is 5.91 Å². The molecule has 1 saturated heterocycles. The van der Waals surface area contributed by atoms with Crippen molar-refractivity contribution in [3.05, 3.63) is 69.5 Å². The molecule has 1 atom stereocenters. The number of nitrogens with one attached hydrogen (secondary N) is 1. The number of hydrogen-bond acceptors (Lipinski definition) is 3. The van der Waals surface area contributed by atoms with Crippen LogP contribution in [0.3, 0.4) is 0 Å². The molecule has 3 aromatic rings. The van der Waals surface area contributed by atoms with E-state index in [1.54, 1.807) is 30.0 Å². The van der Waals surface area contributed by atoms with Gasteiger partial charge in [0.05, 0.1) is 18.2 Å². The van der Waals surface area contributed by atoms with Crippen molar-refractivity contribution in [1.29, 1.82) is 0 Å². The van der Waals surface area contributed by atoms with Gasteiger partial charge in [-0.05, 0) is 31.4 Å². The van der Waals surface area contributed by atoms with Crippen molar-refractivity contribution in [2.24, 2.45) is 0 Å². The van der Waals surface area contributed by atoms with Crippen molar-refractivity contribution in [2.75, 3.05) is 6.54 Å². The molecule has 26 heavy (non-hydrogen) atoms. The molecule has 1 fully saturated rings. The average molecular weight is 354 g/mol. The second-order valence-electron chi connectivity index (χ2n) is 6.65. The third-order valence-corrected chi connectivity index (χ3v) is 4.83. The smallest absolute Gasteiger partial charge is 0.272 e. The van der Waals surface area contributed by atoms with E-state index in [9.17, 15) is 14.0 Å². The molecule has 0 spiro atoms. The maximum atomic E-state index is 13.9. The summed E-state index contributed by atoms with van der Waals surface area (Å²) >= 11 is 0. The zero-order valence-electron chi connectivity index (χ0n) is 14.4. The molecule has 0 radical (unpaired) electrons. The van der Waals surface area contributed by atoms with Crippen LogP contribution in [0.25, 0.3) is 5.65 Å². The van der Waals surface area contributed by atoms with E-state index in [1.807, 2.05) is 6.07 Å². The monoisotopic (exact) mass is 354 g/mol. The van der Waals surface area contributed by atoms with Crippen LogP contribution in [0.1, 0.15) is 35.8 Å². The minimum atomic E-state index is -0.367. The standard InChI is InChI=1S/C19H19FN4O2/c1-12-9-19(26)24-17(21-12)11-15(22-24)16-7-4-8-23(16)18(25)10-13-5-2-3-6-14(13)20/h2-3,5-6,9,11,16,22H,4,7-8,10H2,1H3. The van der Waals surface area contributed by atoms with Gasteiger partial charge in [-0.1, -0.05) is 18.2 Å². The predicted octanol–water partition coefficient (Wildman–Crippen LogP) is 2.38. The fourth-order valence-electron chi connectivity index (χ4n) is 3.59. The maximum absolute atomic E-state index is 13.9. The number of benzene rings is 1. The van der Waals surface area contributed by atoms with Crippen molar-refractivity contribution in [3.8, 4) is 0 Å². The molecule has 0 bridgehead atoms. The van der Waals surface area contributed by atoms with E-state index in [-0.39, 0.29) is 29.7 Å². The molecule has 1 amide bonds. The Kier molecular flexibility index (Phi) is 4.06. The lowest BCUT2D eigenvalue weighted by molar-refractivity contribution is -0.131. The third-order valence-electron chi connectivity index (χ3n) is 4.83. The van der Waals surface area contributed by atoms with E-state index >= 15 is 0 Å². The van der Waals surface area contributed by atoms with Crippen LogP contribution in [0.2, 0.25) is 0 Å². The van der Waals surface area contributed by atoms with Crippen LogP contribution >= 0.6 is 0 Å². The highest BCUT2D eigenvalue weighted by atomic mass is 19.1. The molecule has 1 unspecified atom stereocenters. The van der Waals surface area contributed by atoms with Crippen LogP contribution < -0.4 is 5.56 Å². The Labute approximate surface area is 149 Å². The van der Waals surface area contributed by atoms with Crippen LogP contribution in [0, 0.1) is 12.7 Å². The van der Waals surface area contributed by atoms with Gasteiger partial charge >= 0.3 is 0 Å². The number of halogens is 1. The van der Waals surface area contributed by atoms with Crippen molar-refractivity contribution in [3.63, 3.8) is 0 Å². The first-order chi connectivity index (χ1) is 12.5. The molecular formula is C19H19FN4O2. The lowest BCUT2D eigenvalue weighted by atomic mass is 10.1. The number of aromatic nitrogens is 3. The number of nitrogens with zero attached hydrogens (tertiary/aromatic N) is 3. The summed E-state index contributed by atoms with van der Waals surface area (Å²) in [7, 11) is 0. The van der Waals surface area contributed by atoms with Gasteiger partial charge in [-0.3, -0.25) is 14.7 Å². The van der Waals surface area contributed by atoms with Gasteiger partial charge in [-0.25, -0.2) is 13.9 Å². The molecule has 4 rings (SSSR count). The minimum Gasteiger partial charge on any atom is -0.334 e. The molecule has 7 heteroatoms. The summed E-state index contributed by atoms with van der Waals surface area (Å²) < 4.78 is 15.2. The highest BCUT2D eigenvalue weighted by Crippen LogP contribution is 2.32. The Morgan fingerprint density at radius 1 is 1.35 bits per heavy atom. The number of carbonyl (C=O) groups is 1. The molecule has 1 aliphatic rings. The first-order valence-electron chi connectivity index (χ1n) is 8.65. The predicted molar refractivity (Wildman–Crippen MR) is 94.3 cm³/mol. The van der Waals surface area contributed by atoms with Crippen LogP contribution in [0.15, 0.2) is 41.2 Å². The number of aromatic amines is 1. The number of H-pyrrole nitrogens is 1. The first-order valence-corrected chi connectivity index (χ1v) is 8.65. The van der Waals surface area contributed by atoms with E-state index in [0.717, 1.165) is 18.5 Å². The molecule has 1 aromatic carbocycles. The third kappa shape index (κ3) is 2.89. The van der Waals surface area contributed by atoms with Crippen LogP contribution in [-0.4, -0.2) is 31.9 Å². The highest BCUT2D eigenvalue weighted by molar-refractivity contribution is 5.79. The minimum absolute atomic E-state index is 0.0285. The number of fused-ring (bicyclic) bond motifs is 1. The summed E-state index contributed by atoms with van der Waals surface area (Å²) in [6.45, 7) is 2.39. The Morgan fingerprint density at radius 2 is 2.15 bits per heavy atom. The van der Waals surface area contributed by atoms with E-state index in [0.29, 0.717) is 23.4 Å². The molecule has 0 aliphatic carbocycles. The molecular weight excluding hydrogens is 335 g/mol. The fraction of sp³-hybridized carbons (Fsp3) is 0.316. The van der Waals surface area contributed by atoms with Gasteiger partial charge in [0, 0.05) is 24.4 Å². The van der Waals surface area contributed by atoms with E-state index in [4.69, 9.17) is 0 Å². The Hall–Kier alpha value is -2.96. The van der Waals surface area contributed by atoms with Crippen LogP contribution in [0.4, 0.5) is 4.39 Å². The fourth-order valence-corrected chi connectivity index (χ4v) is 3.59. The zero-order valence-corrected chi connectivity index (χ0v) is 14.4. The maximum Gasteiger partial charge on any atom is 0.272 e. The van der Waals surface area contributed by atoms with Crippen LogP contribution in [0.5, 0.6) is 0 Å². The van der Waals surface area contributed by atoms with Gasteiger partial charge in [0.25, 0.3) is 5.56 Å². The zero-order chi connectivity index (χ0) is 18.3. The second kappa shape index (κ2) is 6.40. The molecule has 2 aromatic heterocycles. The average Bonchev–Trinajstić information content (AvgIpc) is 3.23. The lowest BCUT2D eigenvalue weighted by Gasteiger charge is -2.24. The molecule has 134 valence electrons. The van der Waals surface area contributed by atoms with Crippen LogP contribution in [-0.2, 0) is 11.2 Å². The van der Waals surface area contributed by atoms with E-state index in [1.165, 1.54) is 16.6 Å². The number of hydrogen-bond donors (Lipinski definition) is 1. The van der Waals surface area contributed by atoms with Gasteiger partial charge in [-0.15, -0.1) is 0 Å². The Balaban J connectivity index is 1.62. The quantitative estimate of drug-likeness (QED) is 0.785. The number of likely N-dealkylation sites (tertiary alicyclic amines) is 1. The molecule has 1 aliphatic heterocycles. The molecule has 3 heterocycles. The number of rotatable bonds is 3. The summed E-state index contributed by atoms with van der Waals surface area (Å²) in [4.78, 5) is 31.0. The Morgan fingerprint density at radius 3 is 2.96 bits per heavy atom. The van der Waals surface area contributed by atoms with Crippen molar-refractivity contribution in [1.82, 2.24) is 19.5 Å². The summed E-state index contributed by atoms with van der Waals surface area (Å²) in [5.74, 6) is -0.485. The normalized spacial score (nSPS) is 17.2. The molecule has 0 saturated carbocycles. The van der Waals surface area contributed by atoms with Crippen molar-refractivity contribution >= 4 is 11.6 Å². The van der Waals surface area contributed by atoms with Crippen molar-refractivity contribution in [2.45, 2.75) is 32.2 Å².